The lowest BCUT2D eigenvalue weighted by atomic mass is 10.1. The predicted octanol–water partition coefficient (Wildman–Crippen LogP) is 2.08. The fourth-order valence-electron chi connectivity index (χ4n) is 3.20. The second-order valence-electron chi connectivity index (χ2n) is 5.00. The summed E-state index contributed by atoms with van der Waals surface area (Å²) in [5.74, 6) is -0.323. The normalized spacial score (nSPS) is 27.3. The van der Waals surface area contributed by atoms with Crippen LogP contribution in [0.3, 0.4) is 0 Å². The van der Waals surface area contributed by atoms with Crippen molar-refractivity contribution in [2.45, 2.75) is 38.0 Å². The summed E-state index contributed by atoms with van der Waals surface area (Å²) in [6, 6.07) is 5.35. The fraction of sp³-hybridized carbons (Fsp3) is 0.571. The minimum Gasteiger partial charge on any atom is -0.391 e. The van der Waals surface area contributed by atoms with Crippen molar-refractivity contribution < 1.29 is 14.2 Å². The summed E-state index contributed by atoms with van der Waals surface area (Å²) in [6.45, 7) is 1.21. The van der Waals surface area contributed by atoms with E-state index in [1.165, 1.54) is 6.07 Å². The van der Waals surface area contributed by atoms with E-state index in [0.717, 1.165) is 31.5 Å². The highest BCUT2D eigenvalue weighted by Crippen LogP contribution is 2.35. The molecule has 1 aliphatic carbocycles. The Labute approximate surface area is 106 Å². The largest absolute Gasteiger partial charge is 0.391 e. The zero-order valence-corrected chi connectivity index (χ0v) is 10.3. The van der Waals surface area contributed by atoms with Crippen LogP contribution in [-0.4, -0.2) is 30.4 Å². The molecular formula is C14H18FNO2. The molecular weight excluding hydrogens is 233 g/mol. The number of hydrogen-bond acceptors (Lipinski definition) is 3. The number of nitrogens with zero attached hydrogens (tertiary/aromatic N) is 1. The Bertz CT molecular complexity index is 438. The Kier molecular flexibility index (Phi) is 3.22. The number of rotatable bonds is 2. The van der Waals surface area contributed by atoms with E-state index in [1.807, 2.05) is 6.07 Å². The number of ether oxygens (including phenoxy) is 1. The molecule has 2 fully saturated rings. The summed E-state index contributed by atoms with van der Waals surface area (Å²) < 4.78 is 19.5. The second kappa shape index (κ2) is 4.86. The van der Waals surface area contributed by atoms with E-state index in [4.69, 9.17) is 4.74 Å². The molecule has 3 nitrogen and oxygen atoms in total. The first-order chi connectivity index (χ1) is 8.81. The topological polar surface area (TPSA) is 32.7 Å². The third-order valence-corrected chi connectivity index (χ3v) is 4.04. The Hall–Kier alpha value is -1.13. The van der Waals surface area contributed by atoms with Crippen molar-refractivity contribution in [3.8, 4) is 0 Å². The van der Waals surface area contributed by atoms with Gasteiger partial charge in [-0.2, -0.15) is 0 Å². The predicted molar refractivity (Wildman–Crippen MR) is 67.0 cm³/mol. The molecule has 1 heterocycles. The van der Waals surface area contributed by atoms with Gasteiger partial charge in [0, 0.05) is 17.8 Å². The number of halogens is 1. The van der Waals surface area contributed by atoms with E-state index in [-0.39, 0.29) is 18.5 Å². The van der Waals surface area contributed by atoms with Crippen molar-refractivity contribution in [2.75, 3.05) is 18.1 Å². The highest BCUT2D eigenvalue weighted by molar-refractivity contribution is 5.55. The molecule has 0 spiro atoms. The maximum atomic E-state index is 13.7. The standard InChI is InChI=1S/C14H18FNO2/c15-11-3-1-4-12(10(11)9-17)16-7-8-18-14-6-2-5-13(14)16/h1,3-4,13-14,17H,2,5-9H2. The van der Waals surface area contributed by atoms with E-state index in [0.29, 0.717) is 18.2 Å². The first kappa shape index (κ1) is 11.9. The van der Waals surface area contributed by atoms with Gasteiger partial charge in [-0.05, 0) is 31.4 Å². The van der Waals surface area contributed by atoms with Crippen LogP contribution in [0.1, 0.15) is 24.8 Å². The Morgan fingerprint density at radius 3 is 3.11 bits per heavy atom. The van der Waals surface area contributed by atoms with Crippen LogP contribution >= 0.6 is 0 Å². The van der Waals surface area contributed by atoms with E-state index >= 15 is 0 Å². The molecule has 1 aliphatic heterocycles. The molecule has 3 rings (SSSR count). The second-order valence-corrected chi connectivity index (χ2v) is 5.00. The molecule has 18 heavy (non-hydrogen) atoms. The van der Waals surface area contributed by atoms with Crippen molar-refractivity contribution >= 4 is 5.69 Å². The van der Waals surface area contributed by atoms with Gasteiger partial charge in [0.05, 0.1) is 25.4 Å². The van der Waals surface area contributed by atoms with Crippen LogP contribution in [0, 0.1) is 5.82 Å². The fourth-order valence-corrected chi connectivity index (χ4v) is 3.20. The van der Waals surface area contributed by atoms with Crippen molar-refractivity contribution in [3.63, 3.8) is 0 Å². The van der Waals surface area contributed by atoms with Crippen LogP contribution in [0.4, 0.5) is 10.1 Å². The summed E-state index contributed by atoms with van der Waals surface area (Å²) in [6.07, 6.45) is 3.61. The van der Waals surface area contributed by atoms with E-state index < -0.39 is 0 Å². The average molecular weight is 251 g/mol. The molecule has 1 aromatic rings. The summed E-state index contributed by atoms with van der Waals surface area (Å²) in [5, 5.41) is 9.37. The maximum Gasteiger partial charge on any atom is 0.130 e. The molecule has 2 aliphatic rings. The van der Waals surface area contributed by atoms with Crippen molar-refractivity contribution in [1.29, 1.82) is 0 Å². The molecule has 98 valence electrons. The summed E-state index contributed by atoms with van der Waals surface area (Å²) >= 11 is 0. The molecule has 0 amide bonds. The molecule has 0 aromatic heterocycles. The van der Waals surface area contributed by atoms with E-state index in [1.54, 1.807) is 6.07 Å². The minimum absolute atomic E-state index is 0.253. The molecule has 1 saturated heterocycles. The molecule has 1 N–H and O–H groups in total. The number of aliphatic hydroxyl groups is 1. The van der Waals surface area contributed by atoms with Crippen LogP contribution < -0.4 is 4.90 Å². The number of fused-ring (bicyclic) bond motifs is 1. The third kappa shape index (κ3) is 1.89. The quantitative estimate of drug-likeness (QED) is 0.873. The van der Waals surface area contributed by atoms with Crippen molar-refractivity contribution in [2.24, 2.45) is 0 Å². The molecule has 2 atom stereocenters. The van der Waals surface area contributed by atoms with Crippen molar-refractivity contribution in [3.05, 3.63) is 29.6 Å². The van der Waals surface area contributed by atoms with Gasteiger partial charge in [0.2, 0.25) is 0 Å². The van der Waals surface area contributed by atoms with Gasteiger partial charge in [-0.15, -0.1) is 0 Å². The van der Waals surface area contributed by atoms with Crippen LogP contribution in [0.15, 0.2) is 18.2 Å². The molecule has 4 heteroatoms. The number of anilines is 1. The molecule has 0 bridgehead atoms. The minimum atomic E-state index is -0.323. The Morgan fingerprint density at radius 2 is 2.28 bits per heavy atom. The van der Waals surface area contributed by atoms with Crippen molar-refractivity contribution in [1.82, 2.24) is 0 Å². The van der Waals surface area contributed by atoms with Gasteiger partial charge < -0.3 is 14.7 Å². The maximum absolute atomic E-state index is 13.7. The van der Waals surface area contributed by atoms with Gasteiger partial charge in [-0.25, -0.2) is 4.39 Å². The first-order valence-corrected chi connectivity index (χ1v) is 6.58. The first-order valence-electron chi connectivity index (χ1n) is 6.58. The van der Waals surface area contributed by atoms with Gasteiger partial charge in [0.25, 0.3) is 0 Å². The average Bonchev–Trinajstić information content (AvgIpc) is 2.86. The van der Waals surface area contributed by atoms with Crippen LogP contribution in [0.25, 0.3) is 0 Å². The van der Waals surface area contributed by atoms with Gasteiger partial charge >= 0.3 is 0 Å². The number of hydrogen-bond donors (Lipinski definition) is 1. The highest BCUT2D eigenvalue weighted by Gasteiger charge is 2.36. The SMILES string of the molecule is OCc1c(F)cccc1N1CCOC2CCCC21. The summed E-state index contributed by atoms with van der Waals surface area (Å²) in [5.41, 5.74) is 1.24. The molecule has 0 radical (unpaired) electrons. The van der Waals surface area contributed by atoms with E-state index in [2.05, 4.69) is 4.90 Å². The van der Waals surface area contributed by atoms with Crippen LogP contribution in [0.2, 0.25) is 0 Å². The van der Waals surface area contributed by atoms with Crippen LogP contribution in [-0.2, 0) is 11.3 Å². The Balaban J connectivity index is 1.96. The zero-order valence-electron chi connectivity index (χ0n) is 10.3. The zero-order chi connectivity index (χ0) is 12.5. The summed E-state index contributed by atoms with van der Waals surface area (Å²) in [7, 11) is 0. The lowest BCUT2D eigenvalue weighted by Gasteiger charge is -2.40. The van der Waals surface area contributed by atoms with Gasteiger partial charge in [0.1, 0.15) is 5.82 Å². The van der Waals surface area contributed by atoms with Gasteiger partial charge in [0.15, 0.2) is 0 Å². The molecule has 1 saturated carbocycles. The summed E-state index contributed by atoms with van der Waals surface area (Å²) in [4.78, 5) is 2.22. The van der Waals surface area contributed by atoms with E-state index in [9.17, 15) is 9.50 Å². The number of morpholine rings is 1. The molecule has 1 aromatic carbocycles. The lowest BCUT2D eigenvalue weighted by molar-refractivity contribution is 0.0254. The third-order valence-electron chi connectivity index (χ3n) is 4.04. The number of aliphatic hydroxyl groups excluding tert-OH is 1. The monoisotopic (exact) mass is 251 g/mol. The molecule has 2 unspecified atom stereocenters. The van der Waals surface area contributed by atoms with Gasteiger partial charge in [-0.3, -0.25) is 0 Å². The number of benzene rings is 1. The highest BCUT2D eigenvalue weighted by atomic mass is 19.1. The Morgan fingerprint density at radius 1 is 1.39 bits per heavy atom. The lowest BCUT2D eigenvalue weighted by Crippen LogP contribution is -2.49. The van der Waals surface area contributed by atoms with Gasteiger partial charge in [-0.1, -0.05) is 6.07 Å². The smallest absolute Gasteiger partial charge is 0.130 e. The van der Waals surface area contributed by atoms with Crippen LogP contribution in [0.5, 0.6) is 0 Å².